The number of halogens is 1. The van der Waals surface area contributed by atoms with Crippen molar-refractivity contribution in [2.24, 2.45) is 7.05 Å². The third-order valence-electron chi connectivity index (χ3n) is 3.23. The number of benzene rings is 1. The maximum atomic E-state index is 4.40. The summed E-state index contributed by atoms with van der Waals surface area (Å²) in [7, 11) is 4.03. The van der Waals surface area contributed by atoms with E-state index in [4.69, 9.17) is 0 Å². The summed E-state index contributed by atoms with van der Waals surface area (Å²) in [5.41, 5.74) is 2.36. The van der Waals surface area contributed by atoms with Gasteiger partial charge in [0.15, 0.2) is 0 Å². The first-order valence-corrected chi connectivity index (χ1v) is 8.41. The van der Waals surface area contributed by atoms with Crippen LogP contribution in [0.25, 0.3) is 0 Å². The molecular weight excluding hydrogens is 334 g/mol. The van der Waals surface area contributed by atoms with Crippen molar-refractivity contribution >= 4 is 27.7 Å². The van der Waals surface area contributed by atoms with Gasteiger partial charge in [-0.3, -0.25) is 4.68 Å². The molecule has 0 aliphatic rings. The number of aryl methyl sites for hydroxylation is 2. The molecule has 1 atom stereocenters. The topological polar surface area (TPSA) is 29.9 Å². The largest absolute Gasteiger partial charge is 0.316 e. The van der Waals surface area contributed by atoms with Crippen molar-refractivity contribution < 1.29 is 0 Å². The van der Waals surface area contributed by atoms with Crippen molar-refractivity contribution in [3.63, 3.8) is 0 Å². The van der Waals surface area contributed by atoms with E-state index in [1.807, 2.05) is 37.5 Å². The highest BCUT2D eigenvalue weighted by atomic mass is 79.9. The van der Waals surface area contributed by atoms with Crippen molar-refractivity contribution in [3.8, 4) is 0 Å². The molecule has 0 saturated heterocycles. The van der Waals surface area contributed by atoms with Crippen LogP contribution in [-0.4, -0.2) is 28.6 Å². The van der Waals surface area contributed by atoms with E-state index in [0.29, 0.717) is 6.04 Å². The zero-order valence-corrected chi connectivity index (χ0v) is 14.5. The molecule has 1 N–H and O–H groups in total. The lowest BCUT2D eigenvalue weighted by atomic mass is 10.2. The third-order valence-corrected chi connectivity index (χ3v) is 4.93. The van der Waals surface area contributed by atoms with Gasteiger partial charge in [0, 0.05) is 40.3 Å². The van der Waals surface area contributed by atoms with Gasteiger partial charge in [-0.25, -0.2) is 0 Å². The number of hydrogen-bond acceptors (Lipinski definition) is 3. The van der Waals surface area contributed by atoms with Gasteiger partial charge in [0.25, 0.3) is 0 Å². The molecule has 0 spiro atoms. The van der Waals surface area contributed by atoms with Gasteiger partial charge in [0.2, 0.25) is 0 Å². The van der Waals surface area contributed by atoms with Gasteiger partial charge in [-0.15, -0.1) is 11.8 Å². The van der Waals surface area contributed by atoms with Gasteiger partial charge in [-0.05, 0) is 44.3 Å². The van der Waals surface area contributed by atoms with Crippen LogP contribution >= 0.6 is 27.7 Å². The smallest absolute Gasteiger partial charge is 0.0596 e. The number of nitrogens with one attached hydrogen (secondary N) is 1. The predicted octanol–water partition coefficient (Wildman–Crippen LogP) is 3.41. The van der Waals surface area contributed by atoms with Crippen LogP contribution in [0.15, 0.2) is 39.7 Å². The van der Waals surface area contributed by atoms with Crippen LogP contribution in [0.1, 0.15) is 11.4 Å². The van der Waals surface area contributed by atoms with E-state index in [1.165, 1.54) is 10.6 Å². The molecule has 1 aromatic heterocycles. The lowest BCUT2D eigenvalue weighted by molar-refractivity contribution is 0.582. The van der Waals surface area contributed by atoms with E-state index in [2.05, 4.69) is 56.7 Å². The van der Waals surface area contributed by atoms with E-state index in [-0.39, 0.29) is 0 Å². The van der Waals surface area contributed by atoms with Gasteiger partial charge in [0.1, 0.15) is 0 Å². The number of rotatable bonds is 6. The van der Waals surface area contributed by atoms with Gasteiger partial charge in [-0.1, -0.05) is 15.9 Å². The molecule has 108 valence electrons. The quantitative estimate of drug-likeness (QED) is 0.807. The molecule has 5 heteroatoms. The van der Waals surface area contributed by atoms with Crippen molar-refractivity contribution in [2.45, 2.75) is 24.3 Å². The van der Waals surface area contributed by atoms with Gasteiger partial charge in [-0.2, -0.15) is 5.10 Å². The Balaban J connectivity index is 1.92. The van der Waals surface area contributed by atoms with E-state index in [0.717, 1.165) is 22.3 Å². The second kappa shape index (κ2) is 7.29. The fourth-order valence-corrected chi connectivity index (χ4v) is 3.35. The standard InChI is InChI=1S/C15H20BrN3S/c1-11-8-14(19(3)18-11)9-13(17-2)10-20-15-6-4-12(16)5-7-15/h4-8,13,17H,9-10H2,1-3H3. The highest BCUT2D eigenvalue weighted by Gasteiger charge is 2.11. The molecule has 1 heterocycles. The third kappa shape index (κ3) is 4.36. The Morgan fingerprint density at radius 2 is 2.05 bits per heavy atom. The Labute approximate surface area is 133 Å². The van der Waals surface area contributed by atoms with Crippen molar-refractivity contribution in [3.05, 3.63) is 46.2 Å². The summed E-state index contributed by atoms with van der Waals surface area (Å²) >= 11 is 5.34. The van der Waals surface area contributed by atoms with E-state index < -0.39 is 0 Å². The summed E-state index contributed by atoms with van der Waals surface area (Å²) in [6.07, 6.45) is 0.997. The highest BCUT2D eigenvalue weighted by Crippen LogP contribution is 2.22. The Bertz CT molecular complexity index is 551. The van der Waals surface area contributed by atoms with Crippen LogP contribution in [0, 0.1) is 6.92 Å². The number of likely N-dealkylation sites (N-methyl/N-ethyl adjacent to an activating group) is 1. The lowest BCUT2D eigenvalue weighted by Gasteiger charge is -2.15. The van der Waals surface area contributed by atoms with Crippen molar-refractivity contribution in [2.75, 3.05) is 12.8 Å². The molecule has 0 saturated carbocycles. The fourth-order valence-electron chi connectivity index (χ4n) is 2.08. The molecule has 0 amide bonds. The Hall–Kier alpha value is -0.780. The fraction of sp³-hybridized carbons (Fsp3) is 0.400. The summed E-state index contributed by atoms with van der Waals surface area (Å²) in [6.45, 7) is 2.04. The average Bonchev–Trinajstić information content (AvgIpc) is 2.74. The molecule has 0 aliphatic heterocycles. The second-order valence-electron chi connectivity index (χ2n) is 4.86. The summed E-state index contributed by atoms with van der Waals surface area (Å²) in [5, 5.41) is 7.80. The highest BCUT2D eigenvalue weighted by molar-refractivity contribution is 9.10. The van der Waals surface area contributed by atoms with Crippen LogP contribution in [0.2, 0.25) is 0 Å². The van der Waals surface area contributed by atoms with E-state index in [1.54, 1.807) is 0 Å². The first-order chi connectivity index (χ1) is 9.58. The molecule has 1 unspecified atom stereocenters. The molecule has 2 aromatic rings. The molecule has 1 aromatic carbocycles. The lowest BCUT2D eigenvalue weighted by Crippen LogP contribution is -2.30. The van der Waals surface area contributed by atoms with Crippen LogP contribution in [0.3, 0.4) is 0 Å². The minimum atomic E-state index is 0.443. The molecular formula is C15H20BrN3S. The van der Waals surface area contributed by atoms with E-state index in [9.17, 15) is 0 Å². The number of nitrogens with zero attached hydrogens (tertiary/aromatic N) is 2. The van der Waals surface area contributed by atoms with Gasteiger partial charge in [0.05, 0.1) is 5.69 Å². The molecule has 0 radical (unpaired) electrons. The summed E-state index contributed by atoms with van der Waals surface area (Å²) in [6, 6.07) is 11.1. The predicted molar refractivity (Wildman–Crippen MR) is 89.4 cm³/mol. The minimum Gasteiger partial charge on any atom is -0.316 e. The van der Waals surface area contributed by atoms with Gasteiger partial charge < -0.3 is 5.32 Å². The summed E-state index contributed by atoms with van der Waals surface area (Å²) < 4.78 is 3.10. The SMILES string of the molecule is CNC(CSc1ccc(Br)cc1)Cc1cc(C)nn1C. The van der Waals surface area contributed by atoms with Gasteiger partial charge >= 0.3 is 0 Å². The Morgan fingerprint density at radius 1 is 1.35 bits per heavy atom. The van der Waals surface area contributed by atoms with Crippen LogP contribution in [0.5, 0.6) is 0 Å². The minimum absolute atomic E-state index is 0.443. The summed E-state index contributed by atoms with van der Waals surface area (Å²) in [4.78, 5) is 1.30. The maximum Gasteiger partial charge on any atom is 0.0596 e. The van der Waals surface area contributed by atoms with Crippen LogP contribution in [0.4, 0.5) is 0 Å². The molecule has 2 rings (SSSR count). The van der Waals surface area contributed by atoms with E-state index >= 15 is 0 Å². The molecule has 0 aliphatic carbocycles. The molecule has 0 bridgehead atoms. The summed E-state index contributed by atoms with van der Waals surface area (Å²) in [5.74, 6) is 1.04. The number of aromatic nitrogens is 2. The Morgan fingerprint density at radius 3 is 2.60 bits per heavy atom. The van der Waals surface area contributed by atoms with Crippen molar-refractivity contribution in [1.82, 2.24) is 15.1 Å². The Kier molecular flexibility index (Phi) is 5.69. The molecule has 20 heavy (non-hydrogen) atoms. The first kappa shape index (κ1) is 15.6. The maximum absolute atomic E-state index is 4.40. The zero-order chi connectivity index (χ0) is 14.5. The second-order valence-corrected chi connectivity index (χ2v) is 6.86. The van der Waals surface area contributed by atoms with Crippen molar-refractivity contribution in [1.29, 1.82) is 0 Å². The average molecular weight is 354 g/mol. The molecule has 3 nitrogen and oxygen atoms in total. The number of thioether (sulfide) groups is 1. The van der Waals surface area contributed by atoms with Crippen LogP contribution in [-0.2, 0) is 13.5 Å². The first-order valence-electron chi connectivity index (χ1n) is 6.63. The zero-order valence-electron chi connectivity index (χ0n) is 12.1. The monoisotopic (exact) mass is 353 g/mol. The molecule has 0 fully saturated rings. The normalized spacial score (nSPS) is 12.6. The number of hydrogen-bond donors (Lipinski definition) is 1. The van der Waals surface area contributed by atoms with Crippen LogP contribution < -0.4 is 5.32 Å².